The number of hydrogen-bond donors (Lipinski definition) is 2. The quantitative estimate of drug-likeness (QED) is 0.0690. The maximum Gasteiger partial charge on any atom is 0.273 e. The highest BCUT2D eigenvalue weighted by molar-refractivity contribution is 6.31. The first-order valence-electron chi connectivity index (χ1n) is 26.7. The van der Waals surface area contributed by atoms with Gasteiger partial charge in [-0.2, -0.15) is 0 Å². The molecular weight excluding hydrogens is 1080 g/mol. The van der Waals surface area contributed by atoms with Crippen molar-refractivity contribution >= 4 is 68.8 Å². The Bertz CT molecular complexity index is 3850. The van der Waals surface area contributed by atoms with Crippen LogP contribution in [0.4, 0.5) is 8.78 Å². The number of rotatable bonds is 16. The van der Waals surface area contributed by atoms with Crippen LogP contribution in [0.3, 0.4) is 0 Å². The van der Waals surface area contributed by atoms with E-state index in [-0.39, 0.29) is 57.6 Å². The molecule has 0 bridgehead atoms. The Labute approximate surface area is 466 Å². The summed E-state index contributed by atoms with van der Waals surface area (Å²) in [5.41, 5.74) is 10.1. The molecule has 0 spiro atoms. The van der Waals surface area contributed by atoms with Crippen molar-refractivity contribution in [2.24, 2.45) is 0 Å². The van der Waals surface area contributed by atoms with Gasteiger partial charge in [0.2, 0.25) is 0 Å². The molecule has 0 radical (unpaired) electrons. The number of hydrogen-bond acceptors (Lipinski definition) is 12. The lowest BCUT2D eigenvalue weighted by molar-refractivity contribution is 0.0943. The van der Waals surface area contributed by atoms with Crippen LogP contribution in [0.15, 0.2) is 86.5 Å². The Morgan fingerprint density at radius 3 is 1.77 bits per heavy atom. The van der Waals surface area contributed by atoms with Crippen molar-refractivity contribution in [3.8, 4) is 0 Å². The van der Waals surface area contributed by atoms with Gasteiger partial charge in [0.1, 0.15) is 28.0 Å². The van der Waals surface area contributed by atoms with Crippen molar-refractivity contribution in [1.29, 1.82) is 0 Å². The van der Waals surface area contributed by atoms with Crippen molar-refractivity contribution < 1.29 is 18.4 Å². The molecule has 2 aliphatic carbocycles. The van der Waals surface area contributed by atoms with Crippen LogP contribution in [-0.2, 0) is 38.5 Å². The number of aryl methyl sites for hydroxylation is 1. The molecule has 2 saturated heterocycles. The van der Waals surface area contributed by atoms with Crippen molar-refractivity contribution in [1.82, 2.24) is 83.1 Å². The minimum Gasteiger partial charge on any atom is -0.345 e. The number of carbonyl (C=O) groups is 2. The number of nitrogens with zero attached hydrogens (tertiary/aromatic N) is 15. The number of nitrogens with one attached hydrogen (secondary N) is 2. The van der Waals surface area contributed by atoms with Crippen LogP contribution >= 0.6 is 34.8 Å². The van der Waals surface area contributed by atoms with Crippen LogP contribution in [-0.4, -0.2) is 110 Å². The summed E-state index contributed by atoms with van der Waals surface area (Å²) in [5, 5.41) is 22.3. The Kier molecular flexibility index (Phi) is 15.2. The van der Waals surface area contributed by atoms with E-state index >= 15 is 0 Å². The number of Topliss-reactive ketones (excluding diaryl/α,β-unsaturated/α-hetero) is 1. The monoisotopic (exact) mass is 1130 g/mol. The molecule has 2 saturated carbocycles. The zero-order chi connectivity index (χ0) is 54.1. The highest BCUT2D eigenvalue weighted by Crippen LogP contribution is 2.42. The van der Waals surface area contributed by atoms with Gasteiger partial charge < -0.3 is 28.2 Å². The van der Waals surface area contributed by atoms with E-state index in [9.17, 15) is 18.4 Å². The third kappa shape index (κ3) is 11.8. The molecule has 2 N–H and O–H groups in total. The summed E-state index contributed by atoms with van der Waals surface area (Å²) < 4.78 is 39.3. The largest absolute Gasteiger partial charge is 0.345 e. The van der Waals surface area contributed by atoms with Gasteiger partial charge in [0.05, 0.1) is 83.4 Å². The highest BCUT2D eigenvalue weighted by Gasteiger charge is 2.27. The Morgan fingerprint density at radius 1 is 0.658 bits per heavy atom. The smallest absolute Gasteiger partial charge is 0.273 e. The summed E-state index contributed by atoms with van der Waals surface area (Å²) in [6.45, 7) is 6.47. The van der Waals surface area contributed by atoms with Crippen LogP contribution in [0.1, 0.15) is 136 Å². The topological polar surface area (TPSA) is 192 Å². The second-order valence-electron chi connectivity index (χ2n) is 20.7. The van der Waals surface area contributed by atoms with Gasteiger partial charge in [0.15, 0.2) is 23.1 Å². The molecule has 19 nitrogen and oxygen atoms in total. The molecule has 2 aliphatic heterocycles. The summed E-state index contributed by atoms with van der Waals surface area (Å²) in [4.78, 5) is 46.0. The number of aromatic nitrogens is 14. The predicted octanol–water partition coefficient (Wildman–Crippen LogP) is 9.03. The molecule has 12 heterocycles. The number of ketones is 1. The molecule has 24 heteroatoms. The lowest BCUT2D eigenvalue weighted by Gasteiger charge is -2.16. The summed E-state index contributed by atoms with van der Waals surface area (Å²) >= 11 is 18.0. The molecule has 0 atom stereocenters. The summed E-state index contributed by atoms with van der Waals surface area (Å²) in [6.07, 6.45) is 28.3. The molecular formula is C55H56Cl3F2N17O2. The van der Waals surface area contributed by atoms with Crippen LogP contribution in [0.2, 0.25) is 10.0 Å². The van der Waals surface area contributed by atoms with Crippen molar-refractivity contribution in [2.75, 3.05) is 26.2 Å². The number of fused-ring (bicyclic) bond motifs is 4. The zero-order valence-corrected chi connectivity index (χ0v) is 45.4. The van der Waals surface area contributed by atoms with Crippen molar-refractivity contribution in [3.63, 3.8) is 0 Å². The second-order valence-corrected chi connectivity index (χ2v) is 21.8. The minimum absolute atomic E-state index is 0.00241. The number of alkyl halides is 1. The minimum atomic E-state index is -0.577. The van der Waals surface area contributed by atoms with E-state index in [4.69, 9.17) is 44.8 Å². The first-order chi connectivity index (χ1) is 38.5. The van der Waals surface area contributed by atoms with Gasteiger partial charge in [-0.3, -0.25) is 14.5 Å². The third-order valence-electron chi connectivity index (χ3n) is 14.8. The van der Waals surface area contributed by atoms with Crippen LogP contribution < -0.4 is 10.6 Å². The van der Waals surface area contributed by atoms with E-state index < -0.39 is 17.5 Å². The molecule has 408 valence electrons. The Morgan fingerprint density at radius 2 is 1.20 bits per heavy atom. The van der Waals surface area contributed by atoms with E-state index in [2.05, 4.69) is 75.1 Å². The summed E-state index contributed by atoms with van der Waals surface area (Å²) in [6, 6.07) is 7.40. The van der Waals surface area contributed by atoms with Gasteiger partial charge in [-0.05, 0) is 131 Å². The lowest BCUT2D eigenvalue weighted by Crippen LogP contribution is -2.23. The van der Waals surface area contributed by atoms with Crippen LogP contribution in [0.25, 0.3) is 22.3 Å². The Balaban J connectivity index is 0.000000145. The summed E-state index contributed by atoms with van der Waals surface area (Å²) in [5.74, 6) is -0.0892. The molecule has 14 rings (SSSR count). The molecule has 4 aliphatic rings. The first kappa shape index (κ1) is 52.5. The van der Waals surface area contributed by atoms with Crippen molar-refractivity contribution in [3.05, 3.63) is 165 Å². The van der Waals surface area contributed by atoms with Crippen LogP contribution in [0, 0.1) is 11.6 Å². The number of likely N-dealkylation sites (tertiary alicyclic amines) is 1. The van der Waals surface area contributed by atoms with Gasteiger partial charge in [-0.25, -0.2) is 38.1 Å². The van der Waals surface area contributed by atoms with Crippen LogP contribution in [0.5, 0.6) is 0 Å². The standard InChI is InChI=1S/C27H27ClFN9O.C24H20Cl2FN7O.C4H9N/c28-21-5-8-36-16-31-22(25(36)24(21)29)10-30-27(39)23-15-38(34-33-23)14-20-13-37-12-18(17-3-4-17)9-19(26(37)32-20)11-35-6-1-2-7-35;25-8-15-7-16(14-1-2-14)9-33-10-17(29-24(15)33)11-34-12-20(30-31-34)21(35)4-3-19-23-22(27)18(26)5-6-32(23)13-28-19;1-2-4-5-3-1/h5,8-9,12-13,15-17H,1-4,6-7,10-11,14H2,(H,30,39);5-7,9-10,12-14H,1-4,8,11H2;5H,1-4H2. The number of carbonyl (C=O) groups excluding carboxylic acids is 2. The van der Waals surface area contributed by atoms with E-state index in [1.54, 1.807) is 38.6 Å². The fourth-order valence-corrected chi connectivity index (χ4v) is 10.8. The van der Waals surface area contributed by atoms with Crippen molar-refractivity contribution in [2.45, 2.75) is 108 Å². The molecule has 1 amide bonds. The molecule has 10 aromatic rings. The first-order valence-corrected chi connectivity index (χ1v) is 28.0. The van der Waals surface area contributed by atoms with Gasteiger partial charge >= 0.3 is 0 Å². The van der Waals surface area contributed by atoms with E-state index in [0.29, 0.717) is 42.2 Å². The fourth-order valence-electron chi connectivity index (χ4n) is 10.4. The van der Waals surface area contributed by atoms with Gasteiger partial charge in [-0.15, -0.1) is 21.8 Å². The van der Waals surface area contributed by atoms with Gasteiger partial charge in [-0.1, -0.05) is 33.6 Å². The second kappa shape index (κ2) is 22.9. The molecule has 79 heavy (non-hydrogen) atoms. The van der Waals surface area contributed by atoms with Gasteiger partial charge in [0, 0.05) is 61.3 Å². The van der Waals surface area contributed by atoms with E-state index in [0.717, 1.165) is 47.9 Å². The third-order valence-corrected chi connectivity index (χ3v) is 15.6. The number of imidazole rings is 4. The molecule has 10 aromatic heterocycles. The van der Waals surface area contributed by atoms with E-state index in [1.807, 2.05) is 16.8 Å². The average Bonchev–Trinajstić information content (AvgIpc) is 4.15. The fraction of sp³-hybridized carbons (Fsp3) is 0.382. The normalized spacial score (nSPS) is 15.6. The number of halogens is 5. The maximum absolute atomic E-state index is 14.5. The van der Waals surface area contributed by atoms with E-state index in [1.165, 1.54) is 110 Å². The lowest BCUT2D eigenvalue weighted by atomic mass is 10.1. The average molecular weight is 1130 g/mol. The SMILES string of the molecule is C1CCNC1.O=C(CCc1ncn2ccc(Cl)c(F)c12)c1cn(Cc2cn3cc(C4CC4)cc(CCl)c3n2)nn1.O=C(NCc1ncn2ccc(Cl)c(F)c12)c1cn(Cc2cn3cc(C4CC4)cc(CN4CCCC4)c3n2)nn1. The number of pyridine rings is 4. The molecule has 0 unspecified atom stereocenters. The maximum atomic E-state index is 14.5. The highest BCUT2D eigenvalue weighted by atomic mass is 35.5. The zero-order valence-electron chi connectivity index (χ0n) is 43.1. The number of amides is 1. The van der Waals surface area contributed by atoms with Gasteiger partial charge in [0.25, 0.3) is 5.91 Å². The Hall–Kier alpha value is -7.17. The molecule has 0 aromatic carbocycles. The molecule has 4 fully saturated rings. The summed E-state index contributed by atoms with van der Waals surface area (Å²) in [7, 11) is 0. The predicted molar refractivity (Wildman–Crippen MR) is 293 cm³/mol.